The molecule has 0 atom stereocenters. The van der Waals surface area contributed by atoms with Crippen LogP contribution in [0, 0.1) is 0 Å². The number of nitrogens with zero attached hydrogens (tertiary/aromatic N) is 2. The SMILES string of the molecule is O=C(Nc1cc2[nH]c(=O)[nH]c2cc1N1CCCC1)c1cnc2c(c1)CCCC2. The topological polar surface area (TPSA) is 93.9 Å². The van der Waals surface area contributed by atoms with Crippen LogP contribution in [-0.4, -0.2) is 33.9 Å². The zero-order valence-electron chi connectivity index (χ0n) is 15.7. The van der Waals surface area contributed by atoms with Crippen molar-refractivity contribution in [3.63, 3.8) is 0 Å². The third-order valence-corrected chi connectivity index (χ3v) is 5.76. The van der Waals surface area contributed by atoms with Crippen molar-refractivity contribution in [1.29, 1.82) is 0 Å². The lowest BCUT2D eigenvalue weighted by Gasteiger charge is -2.22. The number of hydrogen-bond donors (Lipinski definition) is 3. The second kappa shape index (κ2) is 6.82. The van der Waals surface area contributed by atoms with E-state index in [1.807, 2.05) is 18.2 Å². The van der Waals surface area contributed by atoms with Crippen LogP contribution in [0.1, 0.15) is 47.3 Å². The van der Waals surface area contributed by atoms with Crippen LogP contribution in [0.3, 0.4) is 0 Å². The maximum atomic E-state index is 13.0. The zero-order valence-corrected chi connectivity index (χ0v) is 15.7. The number of anilines is 2. The molecule has 3 heterocycles. The summed E-state index contributed by atoms with van der Waals surface area (Å²) in [5.41, 5.74) is 5.73. The molecule has 7 nitrogen and oxygen atoms in total. The molecule has 144 valence electrons. The van der Waals surface area contributed by atoms with Crippen molar-refractivity contribution in [3.8, 4) is 0 Å². The maximum Gasteiger partial charge on any atom is 0.323 e. The number of nitrogens with one attached hydrogen (secondary N) is 3. The van der Waals surface area contributed by atoms with E-state index in [2.05, 4.69) is 25.2 Å². The third kappa shape index (κ3) is 3.06. The number of fused-ring (bicyclic) bond motifs is 2. The van der Waals surface area contributed by atoms with Crippen molar-refractivity contribution >= 4 is 28.3 Å². The first kappa shape index (κ1) is 17.0. The third-order valence-electron chi connectivity index (χ3n) is 5.76. The van der Waals surface area contributed by atoms with Crippen LogP contribution >= 0.6 is 0 Å². The van der Waals surface area contributed by atoms with E-state index in [9.17, 15) is 9.59 Å². The Morgan fingerprint density at radius 2 is 1.75 bits per heavy atom. The van der Waals surface area contributed by atoms with Crippen LogP contribution in [0.25, 0.3) is 11.0 Å². The minimum Gasteiger partial charge on any atom is -0.370 e. The number of carbonyl (C=O) groups excluding carboxylic acids is 1. The summed E-state index contributed by atoms with van der Waals surface area (Å²) in [4.78, 5) is 37.0. The number of rotatable bonds is 3. The first-order valence-corrected chi connectivity index (χ1v) is 9.97. The summed E-state index contributed by atoms with van der Waals surface area (Å²) in [7, 11) is 0. The number of pyridine rings is 1. The van der Waals surface area contributed by atoms with Gasteiger partial charge >= 0.3 is 5.69 Å². The molecular weight excluding hydrogens is 354 g/mol. The highest BCUT2D eigenvalue weighted by Gasteiger charge is 2.20. The van der Waals surface area contributed by atoms with Crippen molar-refractivity contribution in [2.24, 2.45) is 0 Å². The molecule has 3 aromatic rings. The van der Waals surface area contributed by atoms with E-state index >= 15 is 0 Å². The zero-order chi connectivity index (χ0) is 19.1. The maximum absolute atomic E-state index is 13.0. The van der Waals surface area contributed by atoms with Gasteiger partial charge in [-0.1, -0.05) is 0 Å². The lowest BCUT2D eigenvalue weighted by molar-refractivity contribution is 0.102. The Morgan fingerprint density at radius 3 is 2.57 bits per heavy atom. The summed E-state index contributed by atoms with van der Waals surface area (Å²) < 4.78 is 0. The van der Waals surface area contributed by atoms with Gasteiger partial charge in [-0.05, 0) is 62.3 Å². The van der Waals surface area contributed by atoms with E-state index in [0.29, 0.717) is 16.8 Å². The first-order valence-electron chi connectivity index (χ1n) is 9.97. The molecule has 0 bridgehead atoms. The summed E-state index contributed by atoms with van der Waals surface area (Å²) in [6.07, 6.45) is 8.22. The van der Waals surface area contributed by atoms with Gasteiger partial charge in [0.05, 0.1) is 28.0 Å². The Kier molecular flexibility index (Phi) is 4.15. The van der Waals surface area contributed by atoms with Gasteiger partial charge in [0.2, 0.25) is 0 Å². The average Bonchev–Trinajstić information content (AvgIpc) is 3.35. The molecule has 1 aliphatic heterocycles. The van der Waals surface area contributed by atoms with Gasteiger partial charge in [0.25, 0.3) is 5.91 Å². The lowest BCUT2D eigenvalue weighted by atomic mass is 9.95. The lowest BCUT2D eigenvalue weighted by Crippen LogP contribution is -2.21. The fourth-order valence-corrected chi connectivity index (χ4v) is 4.30. The number of aromatic amines is 2. The van der Waals surface area contributed by atoms with Crippen LogP contribution in [0.5, 0.6) is 0 Å². The summed E-state index contributed by atoms with van der Waals surface area (Å²) in [5.74, 6) is -0.168. The summed E-state index contributed by atoms with van der Waals surface area (Å²) in [5, 5.41) is 3.06. The predicted octanol–water partition coefficient (Wildman–Crippen LogP) is 2.98. The molecule has 1 aliphatic carbocycles. The molecule has 3 N–H and O–H groups in total. The van der Waals surface area contributed by atoms with Gasteiger partial charge in [-0.3, -0.25) is 9.78 Å². The Bertz CT molecular complexity index is 1110. The molecule has 0 spiro atoms. The molecule has 0 saturated carbocycles. The van der Waals surface area contributed by atoms with Crippen LogP contribution in [0.2, 0.25) is 0 Å². The van der Waals surface area contributed by atoms with Crippen molar-refractivity contribution in [1.82, 2.24) is 15.0 Å². The Labute approximate surface area is 162 Å². The van der Waals surface area contributed by atoms with Gasteiger partial charge in [-0.25, -0.2) is 4.79 Å². The second-order valence-electron chi connectivity index (χ2n) is 7.68. The predicted molar refractivity (Wildman–Crippen MR) is 109 cm³/mol. The molecule has 0 radical (unpaired) electrons. The van der Waals surface area contributed by atoms with Crippen LogP contribution < -0.4 is 15.9 Å². The number of aryl methyl sites for hydroxylation is 2. The minimum atomic E-state index is -0.246. The number of imidazole rings is 1. The highest BCUT2D eigenvalue weighted by atomic mass is 16.2. The van der Waals surface area contributed by atoms with Gasteiger partial charge in [0.15, 0.2) is 0 Å². The van der Waals surface area contributed by atoms with Gasteiger partial charge in [0, 0.05) is 25.0 Å². The summed E-state index contributed by atoms with van der Waals surface area (Å²) in [6, 6.07) is 5.76. The van der Waals surface area contributed by atoms with Crippen LogP contribution in [0.15, 0.2) is 29.2 Å². The molecule has 1 aromatic carbocycles. The normalized spacial score (nSPS) is 16.4. The molecule has 2 aliphatic rings. The van der Waals surface area contributed by atoms with Gasteiger partial charge in [0.1, 0.15) is 0 Å². The van der Waals surface area contributed by atoms with Gasteiger partial charge in [-0.2, -0.15) is 0 Å². The number of amides is 1. The molecule has 1 amide bonds. The van der Waals surface area contributed by atoms with Crippen LogP contribution in [0.4, 0.5) is 11.4 Å². The molecule has 0 unspecified atom stereocenters. The molecule has 7 heteroatoms. The van der Waals surface area contributed by atoms with E-state index in [0.717, 1.165) is 62.1 Å². The Morgan fingerprint density at radius 1 is 1.00 bits per heavy atom. The number of H-pyrrole nitrogens is 2. The van der Waals surface area contributed by atoms with Crippen LogP contribution in [-0.2, 0) is 12.8 Å². The van der Waals surface area contributed by atoms with Crippen molar-refractivity contribution in [2.75, 3.05) is 23.3 Å². The second-order valence-corrected chi connectivity index (χ2v) is 7.68. The number of carbonyl (C=O) groups is 1. The van der Waals surface area contributed by atoms with Crippen molar-refractivity contribution in [2.45, 2.75) is 38.5 Å². The smallest absolute Gasteiger partial charge is 0.323 e. The van der Waals surface area contributed by atoms with E-state index in [1.54, 1.807) is 6.20 Å². The Balaban J connectivity index is 1.50. The molecule has 1 fully saturated rings. The average molecular weight is 377 g/mol. The van der Waals surface area contributed by atoms with E-state index in [4.69, 9.17) is 0 Å². The highest BCUT2D eigenvalue weighted by molar-refractivity contribution is 6.07. The quantitative estimate of drug-likeness (QED) is 0.654. The molecule has 2 aromatic heterocycles. The fourth-order valence-electron chi connectivity index (χ4n) is 4.30. The number of aromatic nitrogens is 3. The number of hydrogen-bond acceptors (Lipinski definition) is 4. The molecular formula is C21H23N5O2. The van der Waals surface area contributed by atoms with Crippen molar-refractivity contribution in [3.05, 3.63) is 51.7 Å². The first-order chi connectivity index (χ1) is 13.7. The number of benzene rings is 1. The highest BCUT2D eigenvalue weighted by Crippen LogP contribution is 2.32. The summed E-state index contributed by atoms with van der Waals surface area (Å²) in [6.45, 7) is 1.90. The van der Waals surface area contributed by atoms with Gasteiger partial charge in [-0.15, -0.1) is 0 Å². The summed E-state index contributed by atoms with van der Waals surface area (Å²) >= 11 is 0. The molecule has 1 saturated heterocycles. The monoisotopic (exact) mass is 377 g/mol. The van der Waals surface area contributed by atoms with E-state index < -0.39 is 0 Å². The van der Waals surface area contributed by atoms with Gasteiger partial charge < -0.3 is 20.2 Å². The van der Waals surface area contributed by atoms with E-state index in [-0.39, 0.29) is 11.6 Å². The standard InChI is InChI=1S/C21H23N5O2/c27-20(14-9-13-5-1-2-6-15(13)22-12-14)23-18-10-16-17(25-21(28)24-16)11-19(18)26-7-3-4-8-26/h9-12H,1-8H2,(H,23,27)(H2,24,25,28). The minimum absolute atomic E-state index is 0.168. The molecule has 28 heavy (non-hydrogen) atoms. The van der Waals surface area contributed by atoms with Crippen molar-refractivity contribution < 1.29 is 4.79 Å². The Hall–Kier alpha value is -3.09. The molecule has 5 rings (SSSR count). The van der Waals surface area contributed by atoms with E-state index in [1.165, 1.54) is 12.0 Å². The largest absolute Gasteiger partial charge is 0.370 e. The fraction of sp³-hybridized carbons (Fsp3) is 0.381.